The number of amides is 1. The number of hydrogen-bond donors (Lipinski definition) is 0. The van der Waals surface area contributed by atoms with Crippen LogP contribution in [-0.2, 0) is 10.2 Å². The van der Waals surface area contributed by atoms with Crippen LogP contribution >= 0.6 is 0 Å². The fourth-order valence-electron chi connectivity index (χ4n) is 4.73. The van der Waals surface area contributed by atoms with Gasteiger partial charge >= 0.3 is 0 Å². The lowest BCUT2D eigenvalue weighted by molar-refractivity contribution is -0.124. The van der Waals surface area contributed by atoms with Crippen molar-refractivity contribution in [1.29, 1.82) is 0 Å². The van der Waals surface area contributed by atoms with Crippen molar-refractivity contribution in [1.82, 2.24) is 4.90 Å². The largest absolute Gasteiger partial charge is 0.311 e. The summed E-state index contributed by atoms with van der Waals surface area (Å²) >= 11 is 0. The van der Waals surface area contributed by atoms with Crippen LogP contribution in [0.5, 0.6) is 0 Å². The number of nitrogens with zero attached hydrogens (tertiary/aromatic N) is 2. The summed E-state index contributed by atoms with van der Waals surface area (Å²) in [4.78, 5) is 17.4. The van der Waals surface area contributed by atoms with Gasteiger partial charge in [-0.15, -0.1) is 0 Å². The number of carbonyl (C=O) groups excluding carboxylic acids is 1. The minimum Gasteiger partial charge on any atom is -0.311 e. The molecule has 1 amide bonds. The Hall–Kier alpha value is -1.42. The van der Waals surface area contributed by atoms with Crippen molar-refractivity contribution in [2.75, 3.05) is 31.1 Å². The van der Waals surface area contributed by atoms with E-state index in [-0.39, 0.29) is 23.1 Å². The Morgan fingerprint density at radius 3 is 2.68 bits per heavy atom. The van der Waals surface area contributed by atoms with Crippen molar-refractivity contribution in [3.8, 4) is 0 Å². The smallest absolute Gasteiger partial charge is 0.230 e. The Labute approximate surface area is 150 Å². The highest BCUT2D eigenvalue weighted by atomic mass is 19.1. The van der Waals surface area contributed by atoms with Crippen molar-refractivity contribution in [2.45, 2.75) is 57.3 Å². The third-order valence-corrected chi connectivity index (χ3v) is 6.64. The molecule has 1 aromatic rings. The number of carbonyl (C=O) groups is 1. The fraction of sp³-hybridized carbons (Fsp3) is 0.667. The number of piperidine rings is 1. The molecule has 0 bridgehead atoms. The molecule has 2 fully saturated rings. The van der Waals surface area contributed by atoms with Crippen LogP contribution in [0.25, 0.3) is 0 Å². The molecule has 3 nitrogen and oxygen atoms in total. The van der Waals surface area contributed by atoms with Gasteiger partial charge in [0.25, 0.3) is 0 Å². The van der Waals surface area contributed by atoms with Crippen LogP contribution in [0, 0.1) is 11.7 Å². The predicted octanol–water partition coefficient (Wildman–Crippen LogP) is 4.11. The molecule has 2 heterocycles. The molecule has 25 heavy (non-hydrogen) atoms. The van der Waals surface area contributed by atoms with Crippen LogP contribution in [0.4, 0.5) is 10.1 Å². The van der Waals surface area contributed by atoms with E-state index in [4.69, 9.17) is 0 Å². The molecule has 0 aromatic heterocycles. The Bertz CT molecular complexity index is 647. The average molecular weight is 344 g/mol. The monoisotopic (exact) mass is 344 g/mol. The third-order valence-electron chi connectivity index (χ3n) is 6.64. The number of hydrogen-bond acceptors (Lipinski definition) is 2. The van der Waals surface area contributed by atoms with Crippen LogP contribution < -0.4 is 4.90 Å². The molecular weight excluding hydrogens is 315 g/mol. The van der Waals surface area contributed by atoms with Gasteiger partial charge in [-0.25, -0.2) is 4.39 Å². The summed E-state index contributed by atoms with van der Waals surface area (Å²) in [5.74, 6) is 0.284. The van der Waals surface area contributed by atoms with Gasteiger partial charge in [-0.05, 0) is 75.5 Å². The van der Waals surface area contributed by atoms with E-state index in [1.165, 1.54) is 18.9 Å². The highest BCUT2D eigenvalue weighted by molar-refractivity contribution is 5.98. The molecule has 0 atom stereocenters. The van der Waals surface area contributed by atoms with Crippen LogP contribution in [-0.4, -0.2) is 37.0 Å². The van der Waals surface area contributed by atoms with Gasteiger partial charge in [0.2, 0.25) is 5.91 Å². The lowest BCUT2D eigenvalue weighted by Gasteiger charge is -2.40. The Kier molecular flexibility index (Phi) is 4.57. The molecule has 0 N–H and O–H groups in total. The van der Waals surface area contributed by atoms with Crippen molar-refractivity contribution in [2.24, 2.45) is 5.92 Å². The van der Waals surface area contributed by atoms with Gasteiger partial charge in [-0.2, -0.15) is 0 Å². The summed E-state index contributed by atoms with van der Waals surface area (Å²) in [6.07, 6.45) is 7.72. The van der Waals surface area contributed by atoms with Gasteiger partial charge in [-0.1, -0.05) is 19.8 Å². The Balaban J connectivity index is 1.57. The summed E-state index contributed by atoms with van der Waals surface area (Å²) in [6.45, 7) is 6.25. The van der Waals surface area contributed by atoms with Crippen molar-refractivity contribution >= 4 is 11.6 Å². The van der Waals surface area contributed by atoms with Gasteiger partial charge in [0.1, 0.15) is 5.82 Å². The van der Waals surface area contributed by atoms with Gasteiger partial charge in [0.05, 0.1) is 0 Å². The van der Waals surface area contributed by atoms with Crippen molar-refractivity contribution in [3.05, 3.63) is 29.6 Å². The third kappa shape index (κ3) is 2.99. The number of benzene rings is 1. The molecule has 1 spiro atoms. The molecule has 4 rings (SSSR count). The van der Waals surface area contributed by atoms with Gasteiger partial charge in [0, 0.05) is 23.6 Å². The number of unbranched alkanes of at least 4 members (excludes halogenated alkanes) is 1. The molecule has 0 radical (unpaired) electrons. The van der Waals surface area contributed by atoms with Crippen LogP contribution in [0.3, 0.4) is 0 Å². The molecule has 0 unspecified atom stereocenters. The minimum atomic E-state index is -0.176. The maximum Gasteiger partial charge on any atom is 0.230 e. The number of halogens is 1. The Morgan fingerprint density at radius 1 is 1.28 bits per heavy atom. The van der Waals surface area contributed by atoms with E-state index in [1.54, 1.807) is 6.07 Å². The van der Waals surface area contributed by atoms with E-state index in [9.17, 15) is 9.18 Å². The first-order chi connectivity index (χ1) is 12.1. The lowest BCUT2D eigenvalue weighted by Crippen LogP contribution is -2.47. The summed E-state index contributed by atoms with van der Waals surface area (Å²) in [5.41, 5.74) is 2.01. The molecular formula is C21H29FN2O. The van der Waals surface area contributed by atoms with Crippen LogP contribution in [0.2, 0.25) is 0 Å². The minimum absolute atomic E-state index is 0.0421. The van der Waals surface area contributed by atoms with Gasteiger partial charge in [-0.3, -0.25) is 4.79 Å². The summed E-state index contributed by atoms with van der Waals surface area (Å²) in [6, 6.07) is 5.04. The van der Waals surface area contributed by atoms with E-state index >= 15 is 0 Å². The van der Waals surface area contributed by atoms with Crippen LogP contribution in [0.15, 0.2) is 18.2 Å². The summed E-state index contributed by atoms with van der Waals surface area (Å²) in [7, 11) is 0. The SMILES string of the molecule is CCCCN1CCC2(CC1)CN(C(=O)C1CCC1)c1ccc(F)cc12. The Morgan fingerprint density at radius 2 is 2.04 bits per heavy atom. The fourth-order valence-corrected chi connectivity index (χ4v) is 4.73. The normalized spacial score (nSPS) is 22.9. The van der Waals surface area contributed by atoms with E-state index in [0.29, 0.717) is 0 Å². The number of rotatable bonds is 4. The molecule has 4 heteroatoms. The quantitative estimate of drug-likeness (QED) is 0.821. The number of anilines is 1. The summed E-state index contributed by atoms with van der Waals surface area (Å²) in [5, 5.41) is 0. The molecule has 136 valence electrons. The second-order valence-electron chi connectivity index (χ2n) is 8.19. The number of likely N-dealkylation sites (tertiary alicyclic amines) is 1. The first-order valence-corrected chi connectivity index (χ1v) is 9.97. The second kappa shape index (κ2) is 6.71. The predicted molar refractivity (Wildman–Crippen MR) is 98.4 cm³/mol. The van der Waals surface area contributed by atoms with E-state index in [1.807, 2.05) is 11.0 Å². The topological polar surface area (TPSA) is 23.6 Å². The highest BCUT2D eigenvalue weighted by Gasteiger charge is 2.47. The molecule has 1 saturated carbocycles. The number of fused-ring (bicyclic) bond motifs is 2. The average Bonchev–Trinajstić information content (AvgIpc) is 2.87. The maximum atomic E-state index is 14.0. The molecule has 1 aliphatic carbocycles. The standard InChI is InChI=1S/C21H29FN2O/c1-2-3-11-23-12-9-21(10-13-23)15-24(20(25)16-5-4-6-16)19-8-7-17(22)14-18(19)21/h7-8,14,16H,2-6,9-13,15H2,1H3. The zero-order valence-corrected chi connectivity index (χ0v) is 15.3. The van der Waals surface area contributed by atoms with E-state index < -0.39 is 0 Å². The zero-order valence-electron chi connectivity index (χ0n) is 15.3. The van der Waals surface area contributed by atoms with E-state index in [2.05, 4.69) is 11.8 Å². The second-order valence-corrected chi connectivity index (χ2v) is 8.19. The van der Waals surface area contributed by atoms with Crippen LogP contribution in [0.1, 0.15) is 57.4 Å². The molecule has 1 saturated heterocycles. The van der Waals surface area contributed by atoms with Gasteiger partial charge < -0.3 is 9.80 Å². The van der Waals surface area contributed by atoms with Gasteiger partial charge in [0.15, 0.2) is 0 Å². The van der Waals surface area contributed by atoms with Crippen molar-refractivity contribution < 1.29 is 9.18 Å². The first-order valence-electron chi connectivity index (χ1n) is 9.97. The summed E-state index contributed by atoms with van der Waals surface area (Å²) < 4.78 is 14.0. The molecule has 1 aromatic carbocycles. The maximum absolute atomic E-state index is 14.0. The molecule has 2 aliphatic heterocycles. The van der Waals surface area contributed by atoms with Crippen molar-refractivity contribution in [3.63, 3.8) is 0 Å². The zero-order chi connectivity index (χ0) is 17.4. The van der Waals surface area contributed by atoms with E-state index in [0.717, 1.165) is 69.5 Å². The molecule has 3 aliphatic rings. The lowest BCUT2D eigenvalue weighted by atomic mass is 9.74. The highest BCUT2D eigenvalue weighted by Crippen LogP contribution is 2.48. The first kappa shape index (κ1) is 17.0.